The molecule has 0 amide bonds. The van der Waals surface area contributed by atoms with Crippen LogP contribution in [0.15, 0.2) is 90.0 Å². The van der Waals surface area contributed by atoms with E-state index in [0.717, 1.165) is 34.8 Å². The van der Waals surface area contributed by atoms with Crippen LogP contribution in [0.1, 0.15) is 5.56 Å². The summed E-state index contributed by atoms with van der Waals surface area (Å²) in [5, 5.41) is 19.3. The van der Waals surface area contributed by atoms with E-state index in [1.165, 1.54) is 12.1 Å². The number of nitrogens with one attached hydrogen (secondary N) is 1. The van der Waals surface area contributed by atoms with Gasteiger partial charge in [-0.05, 0) is 24.3 Å². The number of nitro benzene ring substituents is 1. The van der Waals surface area contributed by atoms with E-state index in [1.807, 2.05) is 66.9 Å². The molecule has 0 aliphatic heterocycles. The summed E-state index contributed by atoms with van der Waals surface area (Å²) in [5.74, 6) is 0. The number of hydrogen-bond donors (Lipinski definition) is 1. The minimum Gasteiger partial charge on any atom is -0.375 e. The van der Waals surface area contributed by atoms with Crippen LogP contribution in [-0.2, 0) is 16.4 Å². The number of para-hydroxylation sites is 1. The fourth-order valence-electron chi connectivity index (χ4n) is 3.32. The first-order valence-corrected chi connectivity index (χ1v) is 11.6. The van der Waals surface area contributed by atoms with E-state index in [2.05, 4.69) is 5.32 Å². The van der Waals surface area contributed by atoms with Crippen molar-refractivity contribution in [1.82, 2.24) is 9.78 Å². The summed E-state index contributed by atoms with van der Waals surface area (Å²) in [6.45, 7) is 0.260. The average molecular weight is 449 g/mol. The van der Waals surface area contributed by atoms with Crippen molar-refractivity contribution in [1.29, 1.82) is 0 Å². The summed E-state index contributed by atoms with van der Waals surface area (Å²) in [7, 11) is -3.56. The van der Waals surface area contributed by atoms with Crippen LogP contribution in [0.2, 0.25) is 0 Å². The van der Waals surface area contributed by atoms with Crippen molar-refractivity contribution in [3.05, 3.63) is 101 Å². The number of rotatable bonds is 7. The smallest absolute Gasteiger partial charge is 0.293 e. The topological polar surface area (TPSA) is 107 Å². The van der Waals surface area contributed by atoms with E-state index < -0.39 is 14.8 Å². The fourth-order valence-corrected chi connectivity index (χ4v) is 3.97. The Labute approximate surface area is 185 Å². The number of nitrogens with zero attached hydrogens (tertiary/aromatic N) is 3. The second-order valence-corrected chi connectivity index (χ2v) is 9.23. The van der Waals surface area contributed by atoms with Crippen LogP contribution in [0.3, 0.4) is 0 Å². The molecule has 162 valence electrons. The van der Waals surface area contributed by atoms with Crippen LogP contribution < -0.4 is 5.32 Å². The lowest BCUT2D eigenvalue weighted by molar-refractivity contribution is -0.384. The number of nitro groups is 1. The Hall–Kier alpha value is -3.98. The van der Waals surface area contributed by atoms with Gasteiger partial charge in [-0.25, -0.2) is 13.1 Å². The molecule has 0 atom stereocenters. The summed E-state index contributed by atoms with van der Waals surface area (Å²) in [4.78, 5) is 10.8. The lowest BCUT2D eigenvalue weighted by Gasteiger charge is -2.09. The molecule has 0 bridgehead atoms. The number of sulfone groups is 1. The van der Waals surface area contributed by atoms with Crippen molar-refractivity contribution in [3.8, 4) is 16.9 Å². The van der Waals surface area contributed by atoms with E-state index in [9.17, 15) is 18.5 Å². The van der Waals surface area contributed by atoms with Crippen LogP contribution >= 0.6 is 0 Å². The molecule has 0 radical (unpaired) electrons. The predicted molar refractivity (Wildman–Crippen MR) is 123 cm³/mol. The van der Waals surface area contributed by atoms with Gasteiger partial charge in [0.05, 0.1) is 21.2 Å². The molecule has 1 N–H and O–H groups in total. The molecule has 0 saturated heterocycles. The Morgan fingerprint density at radius 2 is 1.66 bits per heavy atom. The van der Waals surface area contributed by atoms with Gasteiger partial charge in [-0.3, -0.25) is 10.1 Å². The van der Waals surface area contributed by atoms with E-state index >= 15 is 0 Å². The summed E-state index contributed by atoms with van der Waals surface area (Å²) < 4.78 is 25.3. The van der Waals surface area contributed by atoms with E-state index in [-0.39, 0.29) is 22.8 Å². The van der Waals surface area contributed by atoms with Gasteiger partial charge in [0, 0.05) is 36.2 Å². The van der Waals surface area contributed by atoms with Gasteiger partial charge < -0.3 is 5.32 Å². The molecule has 4 aromatic rings. The lowest BCUT2D eigenvalue weighted by Crippen LogP contribution is -2.05. The van der Waals surface area contributed by atoms with E-state index in [0.29, 0.717) is 0 Å². The number of benzene rings is 3. The molecule has 0 aliphatic rings. The zero-order valence-corrected chi connectivity index (χ0v) is 18.0. The van der Waals surface area contributed by atoms with Gasteiger partial charge in [-0.1, -0.05) is 48.5 Å². The molecule has 0 spiro atoms. The van der Waals surface area contributed by atoms with Crippen molar-refractivity contribution >= 4 is 21.2 Å². The Balaban J connectivity index is 1.70. The van der Waals surface area contributed by atoms with Crippen LogP contribution in [0.5, 0.6) is 0 Å². The van der Waals surface area contributed by atoms with Gasteiger partial charge in [0.15, 0.2) is 9.84 Å². The lowest BCUT2D eigenvalue weighted by atomic mass is 10.1. The van der Waals surface area contributed by atoms with Crippen molar-refractivity contribution in [2.45, 2.75) is 11.4 Å². The molecule has 4 rings (SSSR count). The van der Waals surface area contributed by atoms with Gasteiger partial charge in [0.2, 0.25) is 0 Å². The third-order valence-corrected chi connectivity index (χ3v) is 6.03. The quantitative estimate of drug-likeness (QED) is 0.330. The molecular formula is C23H20N4O4S. The highest BCUT2D eigenvalue weighted by atomic mass is 32.2. The normalized spacial score (nSPS) is 11.3. The molecule has 8 nitrogen and oxygen atoms in total. The maximum absolute atomic E-state index is 11.8. The Kier molecular flexibility index (Phi) is 5.74. The molecule has 0 aliphatic carbocycles. The highest BCUT2D eigenvalue weighted by Gasteiger charge is 2.20. The highest BCUT2D eigenvalue weighted by Crippen LogP contribution is 2.30. The third kappa shape index (κ3) is 4.52. The maximum atomic E-state index is 11.8. The van der Waals surface area contributed by atoms with Gasteiger partial charge in [-0.2, -0.15) is 5.10 Å². The first kappa shape index (κ1) is 21.3. The van der Waals surface area contributed by atoms with Gasteiger partial charge in [-0.15, -0.1) is 0 Å². The van der Waals surface area contributed by atoms with Gasteiger partial charge in [0.1, 0.15) is 5.69 Å². The summed E-state index contributed by atoms with van der Waals surface area (Å²) >= 11 is 0. The van der Waals surface area contributed by atoms with E-state index in [1.54, 1.807) is 4.68 Å². The zero-order valence-electron chi connectivity index (χ0n) is 17.2. The van der Waals surface area contributed by atoms with Gasteiger partial charge >= 0.3 is 0 Å². The SMILES string of the molecule is CS(=O)(=O)c1ccc(NCc2cn(-c3ccccc3)nc2-c2ccccc2)c([N+](=O)[O-])c1. The number of anilines is 1. The Morgan fingerprint density at radius 1 is 1.00 bits per heavy atom. The molecule has 0 unspecified atom stereocenters. The highest BCUT2D eigenvalue weighted by molar-refractivity contribution is 7.90. The number of aromatic nitrogens is 2. The summed E-state index contributed by atoms with van der Waals surface area (Å²) in [6.07, 6.45) is 2.89. The average Bonchev–Trinajstić information content (AvgIpc) is 3.22. The Morgan fingerprint density at radius 3 is 2.28 bits per heavy atom. The standard InChI is InChI=1S/C23H20N4O4S/c1-32(30,31)20-12-13-21(22(14-20)27(28)29)24-15-18-16-26(19-10-6-3-7-11-19)25-23(18)17-8-4-2-5-9-17/h2-14,16,24H,15H2,1H3. The maximum Gasteiger partial charge on any atom is 0.293 e. The van der Waals surface area contributed by atoms with Gasteiger partial charge in [0.25, 0.3) is 5.69 Å². The largest absolute Gasteiger partial charge is 0.375 e. The Bertz CT molecular complexity index is 1370. The van der Waals surface area contributed by atoms with Crippen LogP contribution in [0, 0.1) is 10.1 Å². The molecular weight excluding hydrogens is 428 g/mol. The van der Waals surface area contributed by atoms with Crippen molar-refractivity contribution < 1.29 is 13.3 Å². The summed E-state index contributed by atoms with van der Waals surface area (Å²) in [6, 6.07) is 23.1. The zero-order chi connectivity index (χ0) is 22.7. The number of hydrogen-bond acceptors (Lipinski definition) is 6. The first-order valence-electron chi connectivity index (χ1n) is 9.75. The molecule has 3 aromatic carbocycles. The van der Waals surface area contributed by atoms with Crippen LogP contribution in [0.25, 0.3) is 16.9 Å². The fraction of sp³-hybridized carbons (Fsp3) is 0.0870. The molecule has 1 heterocycles. The second kappa shape index (κ2) is 8.64. The third-order valence-electron chi connectivity index (χ3n) is 4.92. The minimum atomic E-state index is -3.56. The molecule has 9 heteroatoms. The summed E-state index contributed by atoms with van der Waals surface area (Å²) in [5.41, 5.74) is 3.32. The van der Waals surface area contributed by atoms with E-state index in [4.69, 9.17) is 5.10 Å². The van der Waals surface area contributed by atoms with Crippen LogP contribution in [0.4, 0.5) is 11.4 Å². The van der Waals surface area contributed by atoms with Crippen molar-refractivity contribution in [3.63, 3.8) is 0 Å². The van der Waals surface area contributed by atoms with Crippen molar-refractivity contribution in [2.24, 2.45) is 0 Å². The molecule has 0 saturated carbocycles. The first-order chi connectivity index (χ1) is 15.3. The van der Waals surface area contributed by atoms with Crippen LogP contribution in [-0.4, -0.2) is 29.4 Å². The molecule has 32 heavy (non-hydrogen) atoms. The molecule has 1 aromatic heterocycles. The minimum absolute atomic E-state index is 0.100. The predicted octanol–water partition coefficient (Wildman–Crippen LogP) is 4.46. The van der Waals surface area contributed by atoms with Crippen molar-refractivity contribution in [2.75, 3.05) is 11.6 Å². The second-order valence-electron chi connectivity index (χ2n) is 7.21. The monoisotopic (exact) mass is 448 g/mol. The molecule has 0 fully saturated rings.